The maximum Gasteiger partial charge on any atom is 0.0626 e. The molecule has 0 amide bonds. The first-order valence-corrected chi connectivity index (χ1v) is 9.22. The molecule has 0 bridgehead atoms. The molecule has 0 spiro atoms. The SMILES string of the molecule is COCC(COC)(COC1C(C)CCCC1C)C1CCCC1. The van der Waals surface area contributed by atoms with Crippen LogP contribution in [0.3, 0.4) is 0 Å². The molecule has 0 aromatic rings. The topological polar surface area (TPSA) is 27.7 Å². The number of ether oxygens (including phenoxy) is 3. The molecular weight excluding hydrogens is 276 g/mol. The molecule has 2 aliphatic carbocycles. The Morgan fingerprint density at radius 3 is 1.82 bits per heavy atom. The van der Waals surface area contributed by atoms with Crippen molar-refractivity contribution in [3.63, 3.8) is 0 Å². The average Bonchev–Trinajstić information content (AvgIpc) is 3.01. The second-order valence-corrected chi connectivity index (χ2v) is 7.87. The third-order valence-electron chi connectivity index (χ3n) is 6.09. The van der Waals surface area contributed by atoms with E-state index in [0.29, 0.717) is 23.9 Å². The Hall–Kier alpha value is -0.120. The second-order valence-electron chi connectivity index (χ2n) is 7.87. The Kier molecular flexibility index (Phi) is 7.17. The van der Waals surface area contributed by atoms with Gasteiger partial charge in [-0.3, -0.25) is 0 Å². The van der Waals surface area contributed by atoms with E-state index in [2.05, 4.69) is 13.8 Å². The maximum absolute atomic E-state index is 6.53. The van der Waals surface area contributed by atoms with E-state index >= 15 is 0 Å². The molecule has 2 unspecified atom stereocenters. The summed E-state index contributed by atoms with van der Waals surface area (Å²) in [5.74, 6) is 2.03. The van der Waals surface area contributed by atoms with E-state index in [1.165, 1.54) is 44.9 Å². The quantitative estimate of drug-likeness (QED) is 0.669. The highest BCUT2D eigenvalue weighted by Gasteiger charge is 2.42. The van der Waals surface area contributed by atoms with Gasteiger partial charge < -0.3 is 14.2 Å². The third-order valence-corrected chi connectivity index (χ3v) is 6.09. The maximum atomic E-state index is 6.53. The molecule has 130 valence electrons. The molecule has 0 N–H and O–H groups in total. The van der Waals surface area contributed by atoms with Crippen molar-refractivity contribution in [3.8, 4) is 0 Å². The van der Waals surface area contributed by atoms with Gasteiger partial charge in [-0.2, -0.15) is 0 Å². The van der Waals surface area contributed by atoms with Crippen LogP contribution in [0, 0.1) is 23.2 Å². The van der Waals surface area contributed by atoms with E-state index in [-0.39, 0.29) is 5.41 Å². The van der Waals surface area contributed by atoms with Crippen molar-refractivity contribution in [2.45, 2.75) is 64.9 Å². The van der Waals surface area contributed by atoms with Crippen LogP contribution in [0.1, 0.15) is 58.8 Å². The number of rotatable bonds is 8. The van der Waals surface area contributed by atoms with Gasteiger partial charge in [0.25, 0.3) is 0 Å². The van der Waals surface area contributed by atoms with Gasteiger partial charge in [0, 0.05) is 19.6 Å². The molecule has 2 saturated carbocycles. The minimum atomic E-state index is 0.0386. The summed E-state index contributed by atoms with van der Waals surface area (Å²) >= 11 is 0. The Morgan fingerprint density at radius 2 is 1.32 bits per heavy atom. The first kappa shape index (κ1) is 18.2. The predicted octanol–water partition coefficient (Wildman–Crippen LogP) is 4.30. The van der Waals surface area contributed by atoms with Gasteiger partial charge in [-0.15, -0.1) is 0 Å². The fourth-order valence-corrected chi connectivity index (χ4v) is 4.83. The molecule has 2 rings (SSSR count). The zero-order chi connectivity index (χ0) is 16.0. The lowest BCUT2D eigenvalue weighted by Gasteiger charge is -2.41. The lowest BCUT2D eigenvalue weighted by atomic mass is 9.75. The van der Waals surface area contributed by atoms with Crippen molar-refractivity contribution in [2.75, 3.05) is 34.0 Å². The van der Waals surface area contributed by atoms with Crippen molar-refractivity contribution >= 4 is 0 Å². The summed E-state index contributed by atoms with van der Waals surface area (Å²) in [5.41, 5.74) is 0.0386. The van der Waals surface area contributed by atoms with Gasteiger partial charge in [0.2, 0.25) is 0 Å². The Labute approximate surface area is 137 Å². The normalized spacial score (nSPS) is 30.8. The summed E-state index contributed by atoms with van der Waals surface area (Å²) in [6.45, 7) is 7.00. The number of hydrogen-bond acceptors (Lipinski definition) is 3. The van der Waals surface area contributed by atoms with E-state index in [0.717, 1.165) is 19.8 Å². The summed E-state index contributed by atoms with van der Waals surface area (Å²) < 4.78 is 17.7. The molecule has 22 heavy (non-hydrogen) atoms. The molecular formula is C19H36O3. The molecule has 2 atom stereocenters. The van der Waals surface area contributed by atoms with Gasteiger partial charge in [-0.25, -0.2) is 0 Å². The smallest absolute Gasteiger partial charge is 0.0626 e. The lowest BCUT2D eigenvalue weighted by Crippen LogP contribution is -2.45. The van der Waals surface area contributed by atoms with E-state index in [4.69, 9.17) is 14.2 Å². The van der Waals surface area contributed by atoms with Gasteiger partial charge in [0.15, 0.2) is 0 Å². The van der Waals surface area contributed by atoms with Crippen LogP contribution in [0.15, 0.2) is 0 Å². The first-order chi connectivity index (χ1) is 10.6. The summed E-state index contributed by atoms with van der Waals surface area (Å²) in [6, 6.07) is 0. The van der Waals surface area contributed by atoms with E-state index in [1.54, 1.807) is 0 Å². The molecule has 3 heteroatoms. The van der Waals surface area contributed by atoms with Crippen LogP contribution in [-0.4, -0.2) is 40.1 Å². The predicted molar refractivity (Wildman–Crippen MR) is 90.1 cm³/mol. The van der Waals surface area contributed by atoms with Crippen molar-refractivity contribution in [1.29, 1.82) is 0 Å². The Balaban J connectivity index is 2.04. The highest BCUT2D eigenvalue weighted by molar-refractivity contribution is 4.90. The van der Waals surface area contributed by atoms with Gasteiger partial charge in [-0.1, -0.05) is 33.1 Å². The van der Waals surface area contributed by atoms with Crippen LogP contribution in [-0.2, 0) is 14.2 Å². The van der Waals surface area contributed by atoms with E-state index in [9.17, 15) is 0 Å². The van der Waals surface area contributed by atoms with Crippen LogP contribution < -0.4 is 0 Å². The molecule has 0 aromatic carbocycles. The first-order valence-electron chi connectivity index (χ1n) is 9.22. The van der Waals surface area contributed by atoms with Gasteiger partial charge in [0.05, 0.1) is 25.9 Å². The molecule has 0 aromatic heterocycles. The van der Waals surface area contributed by atoms with E-state index < -0.39 is 0 Å². The molecule has 0 radical (unpaired) electrons. The number of hydrogen-bond donors (Lipinski definition) is 0. The highest BCUT2D eigenvalue weighted by atomic mass is 16.5. The molecule has 3 nitrogen and oxygen atoms in total. The van der Waals surface area contributed by atoms with Crippen LogP contribution in [0.2, 0.25) is 0 Å². The molecule has 0 saturated heterocycles. The van der Waals surface area contributed by atoms with Crippen LogP contribution in [0.25, 0.3) is 0 Å². The molecule has 0 aliphatic heterocycles. The molecule has 0 heterocycles. The largest absolute Gasteiger partial charge is 0.384 e. The standard InChI is InChI=1S/C19H36O3/c1-15-8-7-9-16(2)18(15)22-14-19(12-20-3,13-21-4)17-10-5-6-11-17/h15-18H,5-14H2,1-4H3. The summed E-state index contributed by atoms with van der Waals surface area (Å²) in [6.07, 6.45) is 9.65. The molecule has 2 fully saturated rings. The van der Waals surface area contributed by atoms with Crippen molar-refractivity contribution in [1.82, 2.24) is 0 Å². The van der Waals surface area contributed by atoms with E-state index in [1.807, 2.05) is 14.2 Å². The van der Waals surface area contributed by atoms with Gasteiger partial charge in [-0.05, 0) is 43.4 Å². The van der Waals surface area contributed by atoms with Crippen molar-refractivity contribution in [3.05, 3.63) is 0 Å². The van der Waals surface area contributed by atoms with Gasteiger partial charge in [0.1, 0.15) is 0 Å². The zero-order valence-corrected chi connectivity index (χ0v) is 15.1. The molecule has 2 aliphatic rings. The Morgan fingerprint density at radius 1 is 0.773 bits per heavy atom. The number of methoxy groups -OCH3 is 2. The second kappa shape index (κ2) is 8.65. The van der Waals surface area contributed by atoms with Crippen LogP contribution in [0.5, 0.6) is 0 Å². The minimum absolute atomic E-state index is 0.0386. The van der Waals surface area contributed by atoms with Gasteiger partial charge >= 0.3 is 0 Å². The fraction of sp³-hybridized carbons (Fsp3) is 1.00. The fourth-order valence-electron chi connectivity index (χ4n) is 4.83. The summed E-state index contributed by atoms with van der Waals surface area (Å²) in [5, 5.41) is 0. The summed E-state index contributed by atoms with van der Waals surface area (Å²) in [7, 11) is 3.62. The van der Waals surface area contributed by atoms with Crippen LogP contribution in [0.4, 0.5) is 0 Å². The lowest BCUT2D eigenvalue weighted by molar-refractivity contribution is -0.126. The third kappa shape index (κ3) is 4.24. The summed E-state index contributed by atoms with van der Waals surface area (Å²) in [4.78, 5) is 0. The van der Waals surface area contributed by atoms with Crippen molar-refractivity contribution < 1.29 is 14.2 Å². The Bertz CT molecular complexity index is 296. The average molecular weight is 312 g/mol. The minimum Gasteiger partial charge on any atom is -0.384 e. The zero-order valence-electron chi connectivity index (χ0n) is 15.1. The van der Waals surface area contributed by atoms with Crippen molar-refractivity contribution in [2.24, 2.45) is 23.2 Å². The van der Waals surface area contributed by atoms with Crippen LogP contribution >= 0.6 is 0 Å². The highest BCUT2D eigenvalue weighted by Crippen LogP contribution is 2.42. The monoisotopic (exact) mass is 312 g/mol.